The first-order valence-electron chi connectivity index (χ1n) is 7.01. The molecule has 1 heterocycles. The van der Waals surface area contributed by atoms with Gasteiger partial charge in [-0.05, 0) is 19.3 Å². The third kappa shape index (κ3) is 3.88. The molecule has 0 saturated heterocycles. The van der Waals surface area contributed by atoms with Crippen molar-refractivity contribution in [2.75, 3.05) is 13.7 Å². The highest BCUT2D eigenvalue weighted by atomic mass is 35.5. The summed E-state index contributed by atoms with van der Waals surface area (Å²) in [4.78, 5) is 0. The Hall–Kier alpha value is -0.820. The highest BCUT2D eigenvalue weighted by Gasteiger charge is 2.43. The van der Waals surface area contributed by atoms with Crippen LogP contribution in [0.15, 0.2) is 0 Å². The van der Waals surface area contributed by atoms with Gasteiger partial charge < -0.3 is 9.30 Å². The molecule has 1 saturated carbocycles. The lowest BCUT2D eigenvalue weighted by atomic mass is 9.80. The molecular weight excluding hydrogens is 307 g/mol. The Morgan fingerprint density at radius 3 is 2.71 bits per heavy atom. The molecule has 0 amide bonds. The molecule has 21 heavy (non-hydrogen) atoms. The van der Waals surface area contributed by atoms with Crippen LogP contribution in [0.25, 0.3) is 0 Å². The number of aromatic nitrogens is 3. The van der Waals surface area contributed by atoms with Gasteiger partial charge in [0, 0.05) is 19.6 Å². The standard InChI is InChI=1S/C13H19ClF3N3O/c1-21-6-5-20-11(8-14)18-19-12(20)9-3-2-4-10(7-9)13(15,16)17/h9-10H,2-8H2,1H3. The molecule has 0 aromatic carbocycles. The summed E-state index contributed by atoms with van der Waals surface area (Å²) < 4.78 is 45.6. The summed E-state index contributed by atoms with van der Waals surface area (Å²) in [5.41, 5.74) is 0. The van der Waals surface area contributed by atoms with E-state index in [1.54, 1.807) is 11.7 Å². The maximum absolute atomic E-state index is 12.9. The molecule has 1 aliphatic carbocycles. The van der Waals surface area contributed by atoms with Gasteiger partial charge >= 0.3 is 6.18 Å². The number of rotatable bonds is 5. The lowest BCUT2D eigenvalue weighted by molar-refractivity contribution is -0.183. The lowest BCUT2D eigenvalue weighted by Gasteiger charge is -2.30. The number of hydrogen-bond acceptors (Lipinski definition) is 3. The van der Waals surface area contributed by atoms with Crippen LogP contribution in [0.4, 0.5) is 13.2 Å². The van der Waals surface area contributed by atoms with E-state index in [4.69, 9.17) is 16.3 Å². The highest BCUT2D eigenvalue weighted by molar-refractivity contribution is 6.16. The molecule has 1 aliphatic rings. The third-order valence-corrected chi connectivity index (χ3v) is 4.24. The van der Waals surface area contributed by atoms with E-state index in [2.05, 4.69) is 10.2 Å². The van der Waals surface area contributed by atoms with Crippen molar-refractivity contribution >= 4 is 11.6 Å². The van der Waals surface area contributed by atoms with Gasteiger partial charge in [-0.2, -0.15) is 13.2 Å². The molecule has 0 aliphatic heterocycles. The quantitative estimate of drug-likeness (QED) is 0.778. The average Bonchev–Trinajstić information content (AvgIpc) is 2.87. The van der Waals surface area contributed by atoms with E-state index >= 15 is 0 Å². The van der Waals surface area contributed by atoms with Crippen molar-refractivity contribution in [1.29, 1.82) is 0 Å². The zero-order valence-electron chi connectivity index (χ0n) is 11.9. The van der Waals surface area contributed by atoms with Crippen molar-refractivity contribution in [3.63, 3.8) is 0 Å². The predicted octanol–water partition coefficient (Wildman–Crippen LogP) is 3.50. The van der Waals surface area contributed by atoms with E-state index < -0.39 is 12.1 Å². The number of halogens is 4. The van der Waals surface area contributed by atoms with Crippen molar-refractivity contribution in [2.45, 2.75) is 50.2 Å². The smallest absolute Gasteiger partial charge is 0.383 e. The SMILES string of the molecule is COCCn1c(CCl)nnc1C1CCCC(C(F)(F)F)C1. The topological polar surface area (TPSA) is 39.9 Å². The van der Waals surface area contributed by atoms with E-state index in [1.165, 1.54) is 0 Å². The summed E-state index contributed by atoms with van der Waals surface area (Å²) in [6.07, 6.45) is -2.58. The molecular formula is C13H19ClF3N3O. The second-order valence-corrected chi connectivity index (χ2v) is 5.62. The van der Waals surface area contributed by atoms with Gasteiger partial charge in [0.1, 0.15) is 11.6 Å². The highest BCUT2D eigenvalue weighted by Crippen LogP contribution is 2.43. The van der Waals surface area contributed by atoms with Gasteiger partial charge in [0.2, 0.25) is 0 Å². The van der Waals surface area contributed by atoms with Crippen molar-refractivity contribution in [3.8, 4) is 0 Å². The molecule has 2 unspecified atom stereocenters. The van der Waals surface area contributed by atoms with Crippen molar-refractivity contribution in [1.82, 2.24) is 14.8 Å². The first kappa shape index (κ1) is 16.5. The number of nitrogens with zero attached hydrogens (tertiary/aromatic N) is 3. The Morgan fingerprint density at radius 2 is 2.10 bits per heavy atom. The molecule has 1 aromatic rings. The minimum absolute atomic E-state index is 0.0803. The van der Waals surface area contributed by atoms with Gasteiger partial charge in [-0.1, -0.05) is 6.42 Å². The van der Waals surface area contributed by atoms with Crippen molar-refractivity contribution in [3.05, 3.63) is 11.6 Å². The average molecular weight is 326 g/mol. The van der Waals surface area contributed by atoms with Gasteiger partial charge in [0.25, 0.3) is 0 Å². The molecule has 2 rings (SSSR count). The largest absolute Gasteiger partial charge is 0.391 e. The fourth-order valence-corrected chi connectivity index (χ4v) is 3.10. The number of methoxy groups -OCH3 is 1. The predicted molar refractivity (Wildman–Crippen MR) is 72.2 cm³/mol. The Balaban J connectivity index is 2.18. The molecule has 1 fully saturated rings. The van der Waals surface area contributed by atoms with E-state index in [9.17, 15) is 13.2 Å². The number of alkyl halides is 4. The fraction of sp³-hybridized carbons (Fsp3) is 0.846. The molecule has 2 atom stereocenters. The van der Waals surface area contributed by atoms with E-state index in [1.807, 2.05) is 0 Å². The Kier molecular flexibility index (Phi) is 5.48. The summed E-state index contributed by atoms with van der Waals surface area (Å²) in [6, 6.07) is 0. The summed E-state index contributed by atoms with van der Waals surface area (Å²) in [5.74, 6) is -0.0870. The van der Waals surface area contributed by atoms with E-state index in [0.29, 0.717) is 37.6 Å². The maximum Gasteiger partial charge on any atom is 0.391 e. The second kappa shape index (κ2) is 6.96. The fourth-order valence-electron chi connectivity index (χ4n) is 2.90. The van der Waals surface area contributed by atoms with Crippen molar-refractivity contribution < 1.29 is 17.9 Å². The van der Waals surface area contributed by atoms with Crippen LogP contribution in [0.1, 0.15) is 43.3 Å². The summed E-state index contributed by atoms with van der Waals surface area (Å²) in [5, 5.41) is 8.08. The first-order valence-corrected chi connectivity index (χ1v) is 7.54. The van der Waals surface area contributed by atoms with Crippen LogP contribution in [0.3, 0.4) is 0 Å². The summed E-state index contributed by atoms with van der Waals surface area (Å²) in [7, 11) is 1.57. The summed E-state index contributed by atoms with van der Waals surface area (Å²) >= 11 is 5.82. The van der Waals surface area contributed by atoms with Crippen molar-refractivity contribution in [2.24, 2.45) is 5.92 Å². The van der Waals surface area contributed by atoms with Crippen LogP contribution in [-0.2, 0) is 17.2 Å². The Bertz CT molecular complexity index is 464. The summed E-state index contributed by atoms with van der Waals surface area (Å²) in [6.45, 7) is 0.957. The van der Waals surface area contributed by atoms with Crippen LogP contribution < -0.4 is 0 Å². The Labute approximate surface area is 126 Å². The van der Waals surface area contributed by atoms with Gasteiger partial charge in [0.15, 0.2) is 0 Å². The zero-order valence-corrected chi connectivity index (χ0v) is 12.6. The van der Waals surface area contributed by atoms with Crippen LogP contribution in [0.2, 0.25) is 0 Å². The van der Waals surface area contributed by atoms with Crippen LogP contribution >= 0.6 is 11.6 Å². The van der Waals surface area contributed by atoms with Gasteiger partial charge in [0.05, 0.1) is 18.4 Å². The minimum Gasteiger partial charge on any atom is -0.383 e. The monoisotopic (exact) mass is 325 g/mol. The molecule has 0 bridgehead atoms. The Morgan fingerprint density at radius 1 is 1.33 bits per heavy atom. The van der Waals surface area contributed by atoms with Crippen LogP contribution in [0.5, 0.6) is 0 Å². The molecule has 8 heteroatoms. The van der Waals surface area contributed by atoms with E-state index in [-0.39, 0.29) is 24.6 Å². The van der Waals surface area contributed by atoms with Gasteiger partial charge in [-0.25, -0.2) is 0 Å². The van der Waals surface area contributed by atoms with Crippen LogP contribution in [0, 0.1) is 5.92 Å². The zero-order chi connectivity index (χ0) is 15.5. The molecule has 120 valence electrons. The molecule has 0 radical (unpaired) electrons. The maximum atomic E-state index is 12.9. The van der Waals surface area contributed by atoms with Crippen LogP contribution in [-0.4, -0.2) is 34.7 Å². The number of ether oxygens (including phenoxy) is 1. The molecule has 0 N–H and O–H groups in total. The normalized spacial score (nSPS) is 23.5. The molecule has 0 spiro atoms. The minimum atomic E-state index is -4.13. The number of hydrogen-bond donors (Lipinski definition) is 0. The lowest BCUT2D eigenvalue weighted by Crippen LogP contribution is -2.29. The first-order chi connectivity index (χ1) is 9.97. The van der Waals surface area contributed by atoms with Gasteiger partial charge in [-0.3, -0.25) is 0 Å². The molecule has 4 nitrogen and oxygen atoms in total. The molecule has 1 aromatic heterocycles. The van der Waals surface area contributed by atoms with E-state index in [0.717, 1.165) is 0 Å². The third-order valence-electron chi connectivity index (χ3n) is 4.00. The van der Waals surface area contributed by atoms with Gasteiger partial charge in [-0.15, -0.1) is 21.8 Å². The second-order valence-electron chi connectivity index (χ2n) is 5.35.